The second kappa shape index (κ2) is 12.3. The number of benzene rings is 4. The molecule has 0 bridgehead atoms. The molecule has 0 amide bonds. The molecule has 0 fully saturated rings. The monoisotopic (exact) mass is 474 g/mol. The highest BCUT2D eigenvalue weighted by atomic mass is 15.1. The lowest BCUT2D eigenvalue weighted by molar-refractivity contribution is 0.866. The molecule has 0 unspecified atom stereocenters. The Kier molecular flexibility index (Phi) is 8.44. The molecule has 6 heteroatoms. The summed E-state index contributed by atoms with van der Waals surface area (Å²) in [7, 11) is 0. The highest BCUT2D eigenvalue weighted by Crippen LogP contribution is 2.28. The maximum absolute atomic E-state index is 4.47. The SMILES string of the molecule is CCN(CC)c1ccc(N=Nc2ccc(N=Nc3ccc(C=Nc4ccccc4)cc3)c(C)c2)cc1. The summed E-state index contributed by atoms with van der Waals surface area (Å²) in [6.07, 6.45) is 1.84. The molecular formula is C30H30N6. The molecule has 0 radical (unpaired) electrons. The number of hydrogen-bond acceptors (Lipinski definition) is 6. The number of nitrogens with zero attached hydrogens (tertiary/aromatic N) is 6. The molecule has 0 aliphatic carbocycles. The van der Waals surface area contributed by atoms with Gasteiger partial charge in [0.05, 0.1) is 28.4 Å². The van der Waals surface area contributed by atoms with Crippen LogP contribution < -0.4 is 4.90 Å². The molecule has 0 aliphatic rings. The number of para-hydroxylation sites is 1. The van der Waals surface area contributed by atoms with Crippen LogP contribution in [0.15, 0.2) is 123 Å². The first-order chi connectivity index (χ1) is 17.6. The minimum Gasteiger partial charge on any atom is -0.372 e. The fourth-order valence-electron chi connectivity index (χ4n) is 3.65. The van der Waals surface area contributed by atoms with Crippen molar-refractivity contribution in [3.8, 4) is 0 Å². The van der Waals surface area contributed by atoms with Crippen LogP contribution in [0.4, 0.5) is 34.1 Å². The minimum absolute atomic E-state index is 0.779. The van der Waals surface area contributed by atoms with Crippen LogP contribution in [-0.2, 0) is 0 Å². The third-order valence-electron chi connectivity index (χ3n) is 5.72. The third kappa shape index (κ3) is 6.79. The predicted molar refractivity (Wildman–Crippen MR) is 150 cm³/mol. The quantitative estimate of drug-likeness (QED) is 0.176. The van der Waals surface area contributed by atoms with Crippen LogP contribution in [0.3, 0.4) is 0 Å². The first kappa shape index (κ1) is 24.7. The van der Waals surface area contributed by atoms with E-state index in [1.807, 2.05) is 98.1 Å². The van der Waals surface area contributed by atoms with Crippen molar-refractivity contribution in [3.63, 3.8) is 0 Å². The van der Waals surface area contributed by atoms with Gasteiger partial charge in [-0.05, 0) is 98.6 Å². The molecule has 0 aromatic heterocycles. The third-order valence-corrected chi connectivity index (χ3v) is 5.72. The summed E-state index contributed by atoms with van der Waals surface area (Å²) in [5.41, 5.74) is 7.29. The number of azo groups is 2. The van der Waals surface area contributed by atoms with Crippen molar-refractivity contribution in [2.24, 2.45) is 25.4 Å². The molecular weight excluding hydrogens is 444 g/mol. The molecule has 0 spiro atoms. The molecule has 6 nitrogen and oxygen atoms in total. The molecule has 0 heterocycles. The van der Waals surface area contributed by atoms with Crippen molar-refractivity contribution in [2.45, 2.75) is 20.8 Å². The minimum atomic E-state index is 0.779. The summed E-state index contributed by atoms with van der Waals surface area (Å²) in [6, 6.07) is 31.6. The second-order valence-electron chi connectivity index (χ2n) is 8.24. The van der Waals surface area contributed by atoms with E-state index in [1.54, 1.807) is 0 Å². The van der Waals surface area contributed by atoms with Gasteiger partial charge in [0.25, 0.3) is 0 Å². The Bertz CT molecular complexity index is 1340. The maximum Gasteiger partial charge on any atom is 0.0887 e. The van der Waals surface area contributed by atoms with E-state index in [-0.39, 0.29) is 0 Å². The molecule has 0 N–H and O–H groups in total. The second-order valence-corrected chi connectivity index (χ2v) is 8.24. The molecule has 4 aromatic carbocycles. The Hall–Kier alpha value is -4.45. The number of aliphatic imine (C=N–C) groups is 1. The number of aryl methyl sites for hydroxylation is 1. The van der Waals surface area contributed by atoms with Crippen LogP contribution in [0, 0.1) is 6.92 Å². The summed E-state index contributed by atoms with van der Waals surface area (Å²) in [5.74, 6) is 0. The van der Waals surface area contributed by atoms with Gasteiger partial charge in [-0.2, -0.15) is 20.5 Å². The lowest BCUT2D eigenvalue weighted by Gasteiger charge is -2.20. The Morgan fingerprint density at radius 1 is 0.611 bits per heavy atom. The first-order valence-corrected chi connectivity index (χ1v) is 12.1. The van der Waals surface area contributed by atoms with Gasteiger partial charge in [-0.25, -0.2) is 0 Å². The smallest absolute Gasteiger partial charge is 0.0887 e. The van der Waals surface area contributed by atoms with E-state index in [4.69, 9.17) is 0 Å². The molecule has 4 rings (SSSR count). The molecule has 0 atom stereocenters. The van der Waals surface area contributed by atoms with Gasteiger partial charge in [-0.3, -0.25) is 4.99 Å². The average molecular weight is 475 g/mol. The summed E-state index contributed by atoms with van der Waals surface area (Å²) >= 11 is 0. The first-order valence-electron chi connectivity index (χ1n) is 12.1. The zero-order valence-electron chi connectivity index (χ0n) is 20.9. The van der Waals surface area contributed by atoms with Crippen molar-refractivity contribution in [3.05, 3.63) is 108 Å². The van der Waals surface area contributed by atoms with Crippen molar-refractivity contribution in [2.75, 3.05) is 18.0 Å². The lowest BCUT2D eigenvalue weighted by atomic mass is 10.2. The van der Waals surface area contributed by atoms with E-state index in [0.29, 0.717) is 0 Å². The molecule has 36 heavy (non-hydrogen) atoms. The van der Waals surface area contributed by atoms with E-state index in [1.165, 1.54) is 5.69 Å². The summed E-state index contributed by atoms with van der Waals surface area (Å²) in [5, 5.41) is 17.6. The van der Waals surface area contributed by atoms with Crippen LogP contribution >= 0.6 is 0 Å². The Morgan fingerprint density at radius 2 is 1.19 bits per heavy atom. The van der Waals surface area contributed by atoms with E-state index in [9.17, 15) is 0 Å². The Balaban J connectivity index is 1.37. The molecule has 180 valence electrons. The molecule has 4 aromatic rings. The van der Waals surface area contributed by atoms with Crippen LogP contribution in [0.2, 0.25) is 0 Å². The highest BCUT2D eigenvalue weighted by Gasteiger charge is 2.02. The highest BCUT2D eigenvalue weighted by molar-refractivity contribution is 5.82. The Labute approximate surface area is 212 Å². The fraction of sp³-hybridized carbons (Fsp3) is 0.167. The van der Waals surface area contributed by atoms with E-state index in [2.05, 4.69) is 56.3 Å². The molecule has 0 saturated carbocycles. The Morgan fingerprint density at radius 3 is 1.83 bits per heavy atom. The fourth-order valence-corrected chi connectivity index (χ4v) is 3.65. The topological polar surface area (TPSA) is 65.0 Å². The largest absolute Gasteiger partial charge is 0.372 e. The van der Waals surface area contributed by atoms with Gasteiger partial charge in [-0.15, -0.1) is 0 Å². The van der Waals surface area contributed by atoms with Gasteiger partial charge in [0, 0.05) is 25.0 Å². The normalized spacial score (nSPS) is 11.6. The summed E-state index contributed by atoms with van der Waals surface area (Å²) in [6.45, 7) is 8.27. The van der Waals surface area contributed by atoms with Crippen molar-refractivity contribution < 1.29 is 0 Å². The van der Waals surface area contributed by atoms with Crippen LogP contribution in [0.1, 0.15) is 25.0 Å². The number of anilines is 1. The zero-order chi connectivity index (χ0) is 25.2. The standard InChI is InChI=1S/C30H30N6/c1-4-36(5-2)29-18-15-27(16-19-29)32-34-28-17-20-30(23(3)21-28)35-33-26-13-11-24(12-14-26)22-31-25-9-7-6-8-10-25/h6-22H,4-5H2,1-3H3. The van der Waals surface area contributed by atoms with Crippen LogP contribution in [0.25, 0.3) is 0 Å². The lowest BCUT2D eigenvalue weighted by Crippen LogP contribution is -2.21. The van der Waals surface area contributed by atoms with E-state index >= 15 is 0 Å². The van der Waals surface area contributed by atoms with Gasteiger partial charge >= 0.3 is 0 Å². The average Bonchev–Trinajstić information content (AvgIpc) is 2.93. The molecule has 0 saturated heterocycles. The van der Waals surface area contributed by atoms with Gasteiger partial charge in [0.2, 0.25) is 0 Å². The van der Waals surface area contributed by atoms with Crippen molar-refractivity contribution in [1.29, 1.82) is 0 Å². The molecule has 0 aliphatic heterocycles. The van der Waals surface area contributed by atoms with E-state index in [0.717, 1.165) is 52.7 Å². The van der Waals surface area contributed by atoms with Gasteiger partial charge in [0.15, 0.2) is 0 Å². The number of rotatable bonds is 9. The van der Waals surface area contributed by atoms with Crippen molar-refractivity contribution in [1.82, 2.24) is 0 Å². The maximum atomic E-state index is 4.47. The van der Waals surface area contributed by atoms with E-state index < -0.39 is 0 Å². The number of hydrogen-bond donors (Lipinski definition) is 0. The van der Waals surface area contributed by atoms with Gasteiger partial charge in [-0.1, -0.05) is 30.3 Å². The van der Waals surface area contributed by atoms with Crippen molar-refractivity contribution >= 4 is 40.3 Å². The van der Waals surface area contributed by atoms with Gasteiger partial charge in [0.1, 0.15) is 0 Å². The van der Waals surface area contributed by atoms with Gasteiger partial charge < -0.3 is 4.90 Å². The predicted octanol–water partition coefficient (Wildman–Crippen LogP) is 9.42. The zero-order valence-corrected chi connectivity index (χ0v) is 20.9. The summed E-state index contributed by atoms with van der Waals surface area (Å²) in [4.78, 5) is 6.77. The summed E-state index contributed by atoms with van der Waals surface area (Å²) < 4.78 is 0. The van der Waals surface area contributed by atoms with Crippen LogP contribution in [-0.4, -0.2) is 19.3 Å². The van der Waals surface area contributed by atoms with Crippen LogP contribution in [0.5, 0.6) is 0 Å².